The third kappa shape index (κ3) is 2.65. The van der Waals surface area contributed by atoms with Crippen molar-refractivity contribution in [2.45, 2.75) is 25.2 Å². The van der Waals surface area contributed by atoms with Crippen molar-refractivity contribution >= 4 is 6.03 Å². The van der Waals surface area contributed by atoms with Crippen LogP contribution in [0.5, 0.6) is 0 Å². The van der Waals surface area contributed by atoms with E-state index in [1.165, 1.54) is 0 Å². The Morgan fingerprint density at radius 2 is 2.10 bits per heavy atom. The fraction of sp³-hybridized carbons (Fsp3) is 0.800. The average molecular weight is 144 g/mol. The second kappa shape index (κ2) is 2.85. The molecule has 58 valence electrons. The van der Waals surface area contributed by atoms with E-state index in [0.717, 1.165) is 12.8 Å². The van der Waals surface area contributed by atoms with E-state index in [4.69, 9.17) is 11.5 Å². The van der Waals surface area contributed by atoms with Gasteiger partial charge in [0.15, 0.2) is 0 Å². The highest BCUT2D eigenvalue weighted by atomic mass is 16.2. The standard InChI is InChI=1S/C5H12N4O/c6-4(7)9-5(10)8-3-1-2-3/h3-4H,1-2,6-7H2,(H2,8,9,10). The zero-order valence-electron chi connectivity index (χ0n) is 5.63. The lowest BCUT2D eigenvalue weighted by Crippen LogP contribution is -2.52. The third-order valence-corrected chi connectivity index (χ3v) is 1.21. The second-order valence-electron chi connectivity index (χ2n) is 2.42. The van der Waals surface area contributed by atoms with Crippen LogP contribution in [0.2, 0.25) is 0 Å². The van der Waals surface area contributed by atoms with Crippen LogP contribution >= 0.6 is 0 Å². The molecular weight excluding hydrogens is 132 g/mol. The van der Waals surface area contributed by atoms with Crippen molar-refractivity contribution < 1.29 is 4.79 Å². The summed E-state index contributed by atoms with van der Waals surface area (Å²) in [7, 11) is 0. The first kappa shape index (κ1) is 7.30. The van der Waals surface area contributed by atoms with Gasteiger partial charge in [0, 0.05) is 6.04 Å². The van der Waals surface area contributed by atoms with Gasteiger partial charge in [0.2, 0.25) is 0 Å². The van der Waals surface area contributed by atoms with Crippen LogP contribution in [0.3, 0.4) is 0 Å². The summed E-state index contributed by atoms with van der Waals surface area (Å²) in [6.07, 6.45) is 1.36. The van der Waals surface area contributed by atoms with E-state index in [2.05, 4.69) is 10.6 Å². The van der Waals surface area contributed by atoms with Crippen molar-refractivity contribution in [3.63, 3.8) is 0 Å². The van der Waals surface area contributed by atoms with Gasteiger partial charge < -0.3 is 10.6 Å². The van der Waals surface area contributed by atoms with Crippen LogP contribution < -0.4 is 22.1 Å². The van der Waals surface area contributed by atoms with Crippen LogP contribution in [-0.2, 0) is 0 Å². The van der Waals surface area contributed by atoms with Gasteiger partial charge in [-0.3, -0.25) is 11.5 Å². The van der Waals surface area contributed by atoms with E-state index in [1.807, 2.05) is 0 Å². The van der Waals surface area contributed by atoms with Gasteiger partial charge in [0.1, 0.15) is 6.29 Å². The lowest BCUT2D eigenvalue weighted by Gasteiger charge is -2.08. The number of urea groups is 1. The molecule has 0 saturated heterocycles. The quantitative estimate of drug-likeness (QED) is 0.361. The molecule has 0 aromatic heterocycles. The number of nitrogens with one attached hydrogen (secondary N) is 2. The Kier molecular flexibility index (Phi) is 2.08. The van der Waals surface area contributed by atoms with Crippen molar-refractivity contribution in [1.29, 1.82) is 0 Å². The van der Waals surface area contributed by atoms with Crippen LogP contribution in [-0.4, -0.2) is 18.4 Å². The first-order chi connectivity index (χ1) is 4.68. The molecule has 2 amide bonds. The van der Waals surface area contributed by atoms with Crippen LogP contribution in [0.4, 0.5) is 4.79 Å². The lowest BCUT2D eigenvalue weighted by molar-refractivity contribution is 0.237. The molecule has 0 aromatic carbocycles. The van der Waals surface area contributed by atoms with Crippen LogP contribution in [0.25, 0.3) is 0 Å². The minimum absolute atomic E-state index is 0.280. The number of rotatable bonds is 2. The van der Waals surface area contributed by atoms with E-state index < -0.39 is 6.29 Å². The molecule has 1 aliphatic rings. The third-order valence-electron chi connectivity index (χ3n) is 1.21. The smallest absolute Gasteiger partial charge is 0.317 e. The molecule has 1 saturated carbocycles. The number of hydrogen-bond acceptors (Lipinski definition) is 3. The number of carbonyl (C=O) groups is 1. The maximum Gasteiger partial charge on any atom is 0.317 e. The predicted molar refractivity (Wildman–Crippen MR) is 36.9 cm³/mol. The molecule has 6 N–H and O–H groups in total. The summed E-state index contributed by atoms with van der Waals surface area (Å²) in [6, 6.07) is 0.0660. The number of hydrogen-bond donors (Lipinski definition) is 4. The highest BCUT2D eigenvalue weighted by Gasteiger charge is 2.23. The Hall–Kier alpha value is -0.810. The van der Waals surface area contributed by atoms with Crippen molar-refractivity contribution in [2.75, 3.05) is 0 Å². The van der Waals surface area contributed by atoms with Crippen molar-refractivity contribution in [1.82, 2.24) is 10.6 Å². The molecule has 5 heteroatoms. The molecule has 0 atom stereocenters. The predicted octanol–water partition coefficient (Wildman–Crippen LogP) is -1.35. The first-order valence-electron chi connectivity index (χ1n) is 3.26. The van der Waals surface area contributed by atoms with Gasteiger partial charge in [0.05, 0.1) is 0 Å². The van der Waals surface area contributed by atoms with Crippen LogP contribution in [0.15, 0.2) is 0 Å². The summed E-state index contributed by atoms with van der Waals surface area (Å²) in [5, 5.41) is 4.99. The van der Waals surface area contributed by atoms with E-state index in [0.29, 0.717) is 6.04 Å². The molecule has 0 aromatic rings. The van der Waals surface area contributed by atoms with E-state index in [1.54, 1.807) is 0 Å². The molecule has 0 heterocycles. The molecule has 1 aliphatic carbocycles. The van der Waals surface area contributed by atoms with Gasteiger partial charge in [0.25, 0.3) is 0 Å². The largest absolute Gasteiger partial charge is 0.335 e. The summed E-state index contributed by atoms with van der Waals surface area (Å²) >= 11 is 0. The van der Waals surface area contributed by atoms with Gasteiger partial charge in [-0.05, 0) is 12.8 Å². The zero-order valence-corrected chi connectivity index (χ0v) is 5.63. The number of nitrogens with two attached hydrogens (primary N) is 2. The average Bonchev–Trinajstić information content (AvgIpc) is 2.46. The summed E-state index contributed by atoms with van der Waals surface area (Å²) in [5.74, 6) is 0. The van der Waals surface area contributed by atoms with Gasteiger partial charge in [-0.2, -0.15) is 0 Å². The fourth-order valence-electron chi connectivity index (χ4n) is 0.606. The molecule has 10 heavy (non-hydrogen) atoms. The molecule has 0 bridgehead atoms. The van der Waals surface area contributed by atoms with Crippen LogP contribution in [0, 0.1) is 0 Å². The molecule has 1 rings (SSSR count). The monoisotopic (exact) mass is 144 g/mol. The number of amides is 2. The molecule has 1 fully saturated rings. The summed E-state index contributed by atoms with van der Waals surface area (Å²) in [6.45, 7) is 0. The van der Waals surface area contributed by atoms with E-state index in [-0.39, 0.29) is 6.03 Å². The first-order valence-corrected chi connectivity index (χ1v) is 3.26. The molecular formula is C5H12N4O. The summed E-state index contributed by atoms with van der Waals surface area (Å²) in [4.78, 5) is 10.7. The Bertz CT molecular complexity index is 126. The Morgan fingerprint density at radius 3 is 2.50 bits per heavy atom. The number of carbonyl (C=O) groups excluding carboxylic acids is 1. The SMILES string of the molecule is NC(N)NC(=O)NC1CC1. The minimum Gasteiger partial charge on any atom is -0.335 e. The zero-order chi connectivity index (χ0) is 7.56. The van der Waals surface area contributed by atoms with E-state index in [9.17, 15) is 4.79 Å². The van der Waals surface area contributed by atoms with Gasteiger partial charge in [-0.1, -0.05) is 0 Å². The fourth-order valence-corrected chi connectivity index (χ4v) is 0.606. The molecule has 0 spiro atoms. The van der Waals surface area contributed by atoms with Crippen molar-refractivity contribution in [2.24, 2.45) is 11.5 Å². The van der Waals surface area contributed by atoms with Crippen molar-refractivity contribution in [3.8, 4) is 0 Å². The molecule has 5 nitrogen and oxygen atoms in total. The van der Waals surface area contributed by atoms with Gasteiger partial charge >= 0.3 is 6.03 Å². The normalized spacial score (nSPS) is 17.1. The topological polar surface area (TPSA) is 93.2 Å². The lowest BCUT2D eigenvalue weighted by atomic mass is 10.7. The molecule has 0 radical (unpaired) electrons. The maximum absolute atomic E-state index is 10.7. The van der Waals surface area contributed by atoms with Gasteiger partial charge in [-0.15, -0.1) is 0 Å². The maximum atomic E-state index is 10.7. The van der Waals surface area contributed by atoms with Crippen molar-refractivity contribution in [3.05, 3.63) is 0 Å². The Balaban J connectivity index is 2.08. The Morgan fingerprint density at radius 1 is 1.50 bits per heavy atom. The molecule has 0 unspecified atom stereocenters. The van der Waals surface area contributed by atoms with E-state index >= 15 is 0 Å². The molecule has 0 aliphatic heterocycles. The second-order valence-corrected chi connectivity index (χ2v) is 2.42. The summed E-state index contributed by atoms with van der Waals surface area (Å²) in [5.41, 5.74) is 10.2. The van der Waals surface area contributed by atoms with Gasteiger partial charge in [-0.25, -0.2) is 4.79 Å². The van der Waals surface area contributed by atoms with Crippen LogP contribution in [0.1, 0.15) is 12.8 Å². The highest BCUT2D eigenvalue weighted by molar-refractivity contribution is 5.74. The highest BCUT2D eigenvalue weighted by Crippen LogP contribution is 2.17. The summed E-state index contributed by atoms with van der Waals surface area (Å²) < 4.78 is 0. The minimum atomic E-state index is -0.765. The Labute approximate surface area is 59.1 Å².